The van der Waals surface area contributed by atoms with E-state index in [9.17, 15) is 0 Å². The smallest absolute Gasteiger partial charge is 0.157 e. The summed E-state index contributed by atoms with van der Waals surface area (Å²) >= 11 is 5.00. The summed E-state index contributed by atoms with van der Waals surface area (Å²) in [5.74, 6) is 0.761. The van der Waals surface area contributed by atoms with Crippen LogP contribution in [-0.4, -0.2) is 23.1 Å². The third-order valence-corrected chi connectivity index (χ3v) is 2.91. The average molecular weight is 236 g/mol. The third-order valence-electron chi connectivity index (χ3n) is 2.69. The fraction of sp³-hybridized carbons (Fsp3) is 0.417. The van der Waals surface area contributed by atoms with Gasteiger partial charge in [-0.2, -0.15) is 0 Å². The third kappa shape index (κ3) is 2.71. The molecule has 0 radical (unpaired) electrons. The van der Waals surface area contributed by atoms with Crippen LogP contribution in [0.2, 0.25) is 0 Å². The van der Waals surface area contributed by atoms with Gasteiger partial charge in [0.1, 0.15) is 4.99 Å². The molecule has 16 heavy (non-hydrogen) atoms. The zero-order valence-corrected chi connectivity index (χ0v) is 10.0. The fourth-order valence-electron chi connectivity index (χ4n) is 1.85. The number of benzene rings is 1. The van der Waals surface area contributed by atoms with E-state index in [1.54, 1.807) is 0 Å². The van der Waals surface area contributed by atoms with Crippen LogP contribution in [0.1, 0.15) is 24.8 Å². The van der Waals surface area contributed by atoms with Crippen molar-refractivity contribution in [2.75, 3.05) is 13.1 Å². The van der Waals surface area contributed by atoms with Crippen LogP contribution < -0.4 is 10.6 Å². The second kappa shape index (κ2) is 5.27. The van der Waals surface area contributed by atoms with Crippen LogP contribution in [0.15, 0.2) is 24.3 Å². The molecule has 3 nitrogen and oxygen atoms in total. The highest BCUT2D eigenvalue weighted by molar-refractivity contribution is 7.80. The van der Waals surface area contributed by atoms with Gasteiger partial charge in [0.25, 0.3) is 0 Å². The van der Waals surface area contributed by atoms with E-state index in [1.165, 1.54) is 19.3 Å². The van der Waals surface area contributed by atoms with Crippen LogP contribution >= 0.6 is 12.2 Å². The van der Waals surface area contributed by atoms with E-state index in [0.717, 1.165) is 24.4 Å². The maximum Gasteiger partial charge on any atom is 0.157 e. The Bertz CT molecular complexity index is 375. The lowest BCUT2D eigenvalue weighted by molar-refractivity contribution is -0.0721. The van der Waals surface area contributed by atoms with Crippen LogP contribution in [0.3, 0.4) is 0 Å². The Morgan fingerprint density at radius 3 is 2.56 bits per heavy atom. The van der Waals surface area contributed by atoms with Crippen LogP contribution in [0.5, 0.6) is 5.75 Å². The van der Waals surface area contributed by atoms with Crippen molar-refractivity contribution in [2.24, 2.45) is 5.73 Å². The molecule has 1 fully saturated rings. The first-order chi connectivity index (χ1) is 7.77. The van der Waals surface area contributed by atoms with Crippen molar-refractivity contribution < 1.29 is 4.84 Å². The van der Waals surface area contributed by atoms with Crippen molar-refractivity contribution in [1.82, 2.24) is 5.06 Å². The number of hydrogen-bond donors (Lipinski definition) is 1. The number of nitrogens with zero attached hydrogens (tertiary/aromatic N) is 1. The maximum absolute atomic E-state index is 5.81. The van der Waals surface area contributed by atoms with Gasteiger partial charge in [0, 0.05) is 13.1 Å². The van der Waals surface area contributed by atoms with Gasteiger partial charge >= 0.3 is 0 Å². The van der Waals surface area contributed by atoms with Crippen LogP contribution in [0.4, 0.5) is 0 Å². The monoisotopic (exact) mass is 236 g/mol. The van der Waals surface area contributed by atoms with Gasteiger partial charge < -0.3 is 10.6 Å². The van der Waals surface area contributed by atoms with Gasteiger partial charge in [-0.15, -0.1) is 5.06 Å². The van der Waals surface area contributed by atoms with E-state index < -0.39 is 0 Å². The summed E-state index contributed by atoms with van der Waals surface area (Å²) in [7, 11) is 0. The van der Waals surface area contributed by atoms with E-state index >= 15 is 0 Å². The number of thiocarbonyl (C=S) groups is 1. The molecule has 0 aliphatic carbocycles. The predicted octanol–water partition coefficient (Wildman–Crippen LogP) is 2.10. The SMILES string of the molecule is NC(=S)c1ccccc1ON1CCCCC1. The predicted molar refractivity (Wildman–Crippen MR) is 68.4 cm³/mol. The van der Waals surface area contributed by atoms with Gasteiger partial charge in [-0.05, 0) is 25.0 Å². The number of hydrogen-bond acceptors (Lipinski definition) is 3. The van der Waals surface area contributed by atoms with E-state index in [-0.39, 0.29) is 0 Å². The van der Waals surface area contributed by atoms with Gasteiger partial charge in [0.15, 0.2) is 5.75 Å². The summed E-state index contributed by atoms with van der Waals surface area (Å²) in [6.07, 6.45) is 3.67. The molecule has 1 aliphatic heterocycles. The average Bonchev–Trinajstić information content (AvgIpc) is 2.31. The Kier molecular flexibility index (Phi) is 3.74. The number of rotatable bonds is 3. The normalized spacial score (nSPS) is 17.0. The lowest BCUT2D eigenvalue weighted by Crippen LogP contribution is -2.33. The first-order valence-corrected chi connectivity index (χ1v) is 6.00. The van der Waals surface area contributed by atoms with Crippen molar-refractivity contribution in [3.63, 3.8) is 0 Å². The van der Waals surface area contributed by atoms with Crippen LogP contribution in [0.25, 0.3) is 0 Å². The molecular formula is C12H16N2OS. The van der Waals surface area contributed by atoms with E-state index in [4.69, 9.17) is 22.8 Å². The summed E-state index contributed by atoms with van der Waals surface area (Å²) in [6.45, 7) is 1.96. The molecule has 1 saturated heterocycles. The molecule has 0 atom stereocenters. The van der Waals surface area contributed by atoms with Crippen molar-refractivity contribution >= 4 is 17.2 Å². The molecule has 0 unspecified atom stereocenters. The number of nitrogens with two attached hydrogens (primary N) is 1. The minimum atomic E-state index is 0.382. The Labute approximate surface area is 101 Å². The molecule has 4 heteroatoms. The van der Waals surface area contributed by atoms with Gasteiger partial charge in [0.05, 0.1) is 5.56 Å². The van der Waals surface area contributed by atoms with Gasteiger partial charge in [-0.25, -0.2) is 0 Å². The molecule has 86 valence electrons. The molecule has 0 aromatic heterocycles. The van der Waals surface area contributed by atoms with Crippen molar-refractivity contribution in [3.05, 3.63) is 29.8 Å². The topological polar surface area (TPSA) is 38.5 Å². The zero-order chi connectivity index (χ0) is 11.4. The molecule has 1 heterocycles. The molecule has 0 spiro atoms. The summed E-state index contributed by atoms with van der Waals surface area (Å²) in [5, 5.41) is 1.99. The van der Waals surface area contributed by atoms with Crippen molar-refractivity contribution in [3.8, 4) is 5.75 Å². The Morgan fingerprint density at radius 2 is 1.88 bits per heavy atom. The molecule has 1 aromatic rings. The highest BCUT2D eigenvalue weighted by Crippen LogP contribution is 2.20. The highest BCUT2D eigenvalue weighted by atomic mass is 32.1. The first-order valence-electron chi connectivity index (χ1n) is 5.59. The standard InChI is InChI=1S/C12H16N2OS/c13-12(16)10-6-2-3-7-11(10)15-14-8-4-1-5-9-14/h2-3,6-7H,1,4-5,8-9H2,(H2,13,16). The Morgan fingerprint density at radius 1 is 1.19 bits per heavy atom. The lowest BCUT2D eigenvalue weighted by atomic mass is 10.2. The minimum absolute atomic E-state index is 0.382. The Balaban J connectivity index is 2.10. The van der Waals surface area contributed by atoms with Crippen molar-refractivity contribution in [2.45, 2.75) is 19.3 Å². The summed E-state index contributed by atoms with van der Waals surface area (Å²) in [6, 6.07) is 7.64. The van der Waals surface area contributed by atoms with Crippen molar-refractivity contribution in [1.29, 1.82) is 0 Å². The summed E-state index contributed by atoms with van der Waals surface area (Å²) in [5.41, 5.74) is 6.46. The molecule has 2 N–H and O–H groups in total. The molecule has 2 rings (SSSR count). The molecule has 1 aliphatic rings. The number of piperidine rings is 1. The molecule has 0 bridgehead atoms. The van der Waals surface area contributed by atoms with E-state index in [1.807, 2.05) is 29.3 Å². The van der Waals surface area contributed by atoms with E-state index in [0.29, 0.717) is 4.99 Å². The second-order valence-electron chi connectivity index (χ2n) is 3.94. The maximum atomic E-state index is 5.81. The quantitative estimate of drug-likeness (QED) is 0.816. The van der Waals surface area contributed by atoms with Crippen LogP contribution in [-0.2, 0) is 0 Å². The zero-order valence-electron chi connectivity index (χ0n) is 9.19. The summed E-state index contributed by atoms with van der Waals surface area (Å²) in [4.78, 5) is 6.20. The highest BCUT2D eigenvalue weighted by Gasteiger charge is 2.14. The van der Waals surface area contributed by atoms with Crippen LogP contribution in [0, 0.1) is 0 Å². The largest absolute Gasteiger partial charge is 0.405 e. The molecule has 0 amide bonds. The first kappa shape index (κ1) is 11.4. The minimum Gasteiger partial charge on any atom is -0.405 e. The number of para-hydroxylation sites is 1. The summed E-state index contributed by atoms with van der Waals surface area (Å²) < 4.78 is 0. The molecular weight excluding hydrogens is 220 g/mol. The fourth-order valence-corrected chi connectivity index (χ4v) is 2.01. The van der Waals surface area contributed by atoms with Gasteiger partial charge in [-0.3, -0.25) is 0 Å². The van der Waals surface area contributed by atoms with E-state index in [2.05, 4.69) is 0 Å². The van der Waals surface area contributed by atoms with Gasteiger partial charge in [0.2, 0.25) is 0 Å². The Hall–Kier alpha value is -1.13. The van der Waals surface area contributed by atoms with Gasteiger partial charge in [-0.1, -0.05) is 30.8 Å². The second-order valence-corrected chi connectivity index (χ2v) is 4.38. The molecule has 1 aromatic carbocycles. The number of hydroxylamine groups is 2. The molecule has 0 saturated carbocycles. The lowest BCUT2D eigenvalue weighted by Gasteiger charge is -2.26.